The van der Waals surface area contributed by atoms with E-state index in [-0.39, 0.29) is 23.3 Å². The first kappa shape index (κ1) is 14.1. The lowest BCUT2D eigenvalue weighted by atomic mass is 10.4. The molecular weight excluding hydrogens is 262 g/mol. The molecule has 1 rings (SSSR count). The maximum atomic E-state index is 11.6. The van der Waals surface area contributed by atoms with Gasteiger partial charge in [-0.2, -0.15) is 0 Å². The Morgan fingerprint density at radius 2 is 2.24 bits per heavy atom. The Morgan fingerprint density at radius 3 is 2.76 bits per heavy atom. The van der Waals surface area contributed by atoms with E-state index in [2.05, 4.69) is 4.72 Å². The van der Waals surface area contributed by atoms with Gasteiger partial charge in [-0.25, -0.2) is 13.1 Å². The van der Waals surface area contributed by atoms with Crippen molar-refractivity contribution in [3.05, 3.63) is 17.5 Å². The molecule has 1 aromatic rings. The monoisotopic (exact) mass is 277 g/mol. The molecule has 0 bridgehead atoms. The lowest BCUT2D eigenvalue weighted by Crippen LogP contribution is -2.26. The zero-order valence-electron chi connectivity index (χ0n) is 9.67. The van der Waals surface area contributed by atoms with Crippen molar-refractivity contribution in [1.82, 2.24) is 4.72 Å². The average Bonchev–Trinajstić information content (AvgIpc) is 2.68. The Labute approximate surface area is 105 Å². The normalized spacial score (nSPS) is 11.7. The lowest BCUT2D eigenvalue weighted by Gasteiger charge is -2.08. The van der Waals surface area contributed by atoms with Gasteiger partial charge >= 0.3 is 5.97 Å². The molecule has 0 spiro atoms. The van der Waals surface area contributed by atoms with E-state index >= 15 is 0 Å². The maximum absolute atomic E-state index is 11.6. The molecule has 0 atom stereocenters. The quantitative estimate of drug-likeness (QED) is 0.797. The van der Waals surface area contributed by atoms with Gasteiger partial charge in [0, 0.05) is 6.54 Å². The molecule has 0 aromatic carbocycles. The zero-order chi connectivity index (χ0) is 12.9. The van der Waals surface area contributed by atoms with Crippen molar-refractivity contribution in [3.8, 4) is 0 Å². The molecule has 1 heterocycles. The number of carbonyl (C=O) groups excluding carboxylic acids is 1. The van der Waals surface area contributed by atoms with Crippen molar-refractivity contribution in [2.75, 3.05) is 6.54 Å². The van der Waals surface area contributed by atoms with E-state index in [4.69, 9.17) is 4.74 Å². The van der Waals surface area contributed by atoms with Crippen LogP contribution in [-0.4, -0.2) is 27.0 Å². The molecule has 5 nitrogen and oxygen atoms in total. The number of rotatable bonds is 6. The van der Waals surface area contributed by atoms with Crippen molar-refractivity contribution in [1.29, 1.82) is 0 Å². The highest BCUT2D eigenvalue weighted by Crippen LogP contribution is 2.14. The van der Waals surface area contributed by atoms with Gasteiger partial charge in [0.1, 0.15) is 4.21 Å². The summed E-state index contributed by atoms with van der Waals surface area (Å²) < 4.78 is 30.8. The summed E-state index contributed by atoms with van der Waals surface area (Å²) in [6, 6.07) is 3.17. The zero-order valence-corrected chi connectivity index (χ0v) is 11.3. The van der Waals surface area contributed by atoms with Gasteiger partial charge < -0.3 is 4.74 Å². The summed E-state index contributed by atoms with van der Waals surface area (Å²) in [4.78, 5) is 11.2. The summed E-state index contributed by atoms with van der Waals surface area (Å²) in [5.74, 6) is -0.408. The predicted octanol–water partition coefficient (Wildman–Crippen LogP) is 1.37. The molecule has 0 saturated carbocycles. The first-order valence-electron chi connectivity index (χ1n) is 5.14. The van der Waals surface area contributed by atoms with Crippen molar-refractivity contribution in [2.24, 2.45) is 0 Å². The highest BCUT2D eigenvalue weighted by atomic mass is 32.2. The molecule has 0 aliphatic carbocycles. The molecule has 1 aromatic heterocycles. The molecule has 96 valence electrons. The Morgan fingerprint density at radius 1 is 1.53 bits per heavy atom. The average molecular weight is 277 g/mol. The van der Waals surface area contributed by atoms with Gasteiger partial charge in [-0.15, -0.1) is 11.3 Å². The second-order valence-electron chi connectivity index (χ2n) is 3.62. The molecule has 0 radical (unpaired) electrons. The third-order valence-electron chi connectivity index (χ3n) is 1.75. The van der Waals surface area contributed by atoms with E-state index in [1.54, 1.807) is 25.3 Å². The van der Waals surface area contributed by atoms with E-state index in [1.807, 2.05) is 0 Å². The second kappa shape index (κ2) is 6.13. The lowest BCUT2D eigenvalue weighted by molar-refractivity contribution is -0.147. The Bertz CT molecular complexity index is 451. The SMILES string of the molecule is CC(C)OC(=O)CCNS(=O)(=O)c1cccs1. The van der Waals surface area contributed by atoms with Crippen LogP contribution >= 0.6 is 11.3 Å². The third-order valence-corrected chi connectivity index (χ3v) is 4.61. The third kappa shape index (κ3) is 4.84. The van der Waals surface area contributed by atoms with Gasteiger partial charge in [0.05, 0.1) is 12.5 Å². The number of hydrogen-bond acceptors (Lipinski definition) is 5. The molecule has 0 aliphatic rings. The Hall–Kier alpha value is -0.920. The van der Waals surface area contributed by atoms with Crippen molar-refractivity contribution in [2.45, 2.75) is 30.6 Å². The summed E-state index contributed by atoms with van der Waals surface area (Å²) >= 11 is 1.13. The summed E-state index contributed by atoms with van der Waals surface area (Å²) in [5.41, 5.74) is 0. The summed E-state index contributed by atoms with van der Waals surface area (Å²) in [6.07, 6.45) is -0.153. The van der Waals surface area contributed by atoms with Gasteiger partial charge in [-0.1, -0.05) is 6.07 Å². The van der Waals surface area contributed by atoms with Crippen LogP contribution in [0.5, 0.6) is 0 Å². The van der Waals surface area contributed by atoms with Crippen LogP contribution in [0.3, 0.4) is 0 Å². The number of carbonyl (C=O) groups is 1. The number of sulfonamides is 1. The molecule has 0 fully saturated rings. The van der Waals surface area contributed by atoms with E-state index in [0.717, 1.165) is 11.3 Å². The van der Waals surface area contributed by atoms with Crippen LogP contribution in [0.1, 0.15) is 20.3 Å². The highest BCUT2D eigenvalue weighted by Gasteiger charge is 2.15. The minimum Gasteiger partial charge on any atom is -0.463 e. The minimum absolute atomic E-state index is 0.0305. The smallest absolute Gasteiger partial charge is 0.307 e. The van der Waals surface area contributed by atoms with E-state index in [9.17, 15) is 13.2 Å². The van der Waals surface area contributed by atoms with Crippen LogP contribution in [0, 0.1) is 0 Å². The molecule has 0 amide bonds. The van der Waals surface area contributed by atoms with Crippen LogP contribution in [0.2, 0.25) is 0 Å². The van der Waals surface area contributed by atoms with Gasteiger partial charge in [0.25, 0.3) is 0 Å². The largest absolute Gasteiger partial charge is 0.463 e. The fourth-order valence-corrected chi connectivity index (χ4v) is 3.17. The van der Waals surface area contributed by atoms with Crippen molar-refractivity contribution < 1.29 is 17.9 Å². The molecule has 0 aliphatic heterocycles. The highest BCUT2D eigenvalue weighted by molar-refractivity contribution is 7.91. The van der Waals surface area contributed by atoms with E-state index in [0.29, 0.717) is 0 Å². The minimum atomic E-state index is -3.48. The maximum Gasteiger partial charge on any atom is 0.307 e. The summed E-state index contributed by atoms with van der Waals surface area (Å²) in [5, 5.41) is 1.68. The fraction of sp³-hybridized carbons (Fsp3) is 0.500. The fourth-order valence-electron chi connectivity index (χ4n) is 1.10. The van der Waals surface area contributed by atoms with Gasteiger partial charge in [0.15, 0.2) is 0 Å². The van der Waals surface area contributed by atoms with Crippen LogP contribution in [0.4, 0.5) is 0 Å². The van der Waals surface area contributed by atoms with Crippen LogP contribution < -0.4 is 4.72 Å². The van der Waals surface area contributed by atoms with Gasteiger partial charge in [-0.3, -0.25) is 4.79 Å². The number of hydrogen-bond donors (Lipinski definition) is 1. The van der Waals surface area contributed by atoms with E-state index < -0.39 is 16.0 Å². The summed E-state index contributed by atoms with van der Waals surface area (Å²) in [7, 11) is -3.48. The Balaban J connectivity index is 2.39. The standard InChI is InChI=1S/C10H15NO4S2/c1-8(2)15-9(12)5-6-11-17(13,14)10-4-3-7-16-10/h3-4,7-8,11H,5-6H2,1-2H3. The number of nitrogens with one attached hydrogen (secondary N) is 1. The molecular formula is C10H15NO4S2. The molecule has 1 N–H and O–H groups in total. The van der Waals surface area contributed by atoms with Crippen molar-refractivity contribution >= 4 is 27.3 Å². The van der Waals surface area contributed by atoms with E-state index in [1.165, 1.54) is 6.07 Å². The number of esters is 1. The second-order valence-corrected chi connectivity index (χ2v) is 6.56. The first-order chi connectivity index (χ1) is 7.92. The predicted molar refractivity (Wildman–Crippen MR) is 65.4 cm³/mol. The number of ether oxygens (including phenoxy) is 1. The Kier molecular flexibility index (Phi) is 5.10. The van der Waals surface area contributed by atoms with Gasteiger partial charge in [-0.05, 0) is 25.3 Å². The topological polar surface area (TPSA) is 72.5 Å². The van der Waals surface area contributed by atoms with Crippen LogP contribution in [0.25, 0.3) is 0 Å². The molecule has 0 saturated heterocycles. The van der Waals surface area contributed by atoms with Crippen LogP contribution in [0.15, 0.2) is 21.7 Å². The first-order valence-corrected chi connectivity index (χ1v) is 7.51. The van der Waals surface area contributed by atoms with Crippen LogP contribution in [-0.2, 0) is 19.6 Å². The van der Waals surface area contributed by atoms with Crippen molar-refractivity contribution in [3.63, 3.8) is 0 Å². The van der Waals surface area contributed by atoms with Gasteiger partial charge in [0.2, 0.25) is 10.0 Å². The number of thiophene rings is 1. The molecule has 17 heavy (non-hydrogen) atoms. The molecule has 0 unspecified atom stereocenters. The molecule has 7 heteroatoms. The summed E-state index contributed by atoms with van der Waals surface area (Å²) in [6.45, 7) is 3.53.